The number of anilines is 1. The summed E-state index contributed by atoms with van der Waals surface area (Å²) < 4.78 is 0. The summed E-state index contributed by atoms with van der Waals surface area (Å²) in [6, 6.07) is 8.00. The number of rotatable bonds is 2. The molecule has 1 aliphatic heterocycles. The fourth-order valence-corrected chi connectivity index (χ4v) is 2.04. The van der Waals surface area contributed by atoms with Crippen molar-refractivity contribution in [2.75, 3.05) is 31.1 Å². The predicted molar refractivity (Wildman–Crippen MR) is 62.5 cm³/mol. The predicted octanol–water partition coefficient (Wildman–Crippen LogP) is 1.11. The molecule has 2 rings (SSSR count). The van der Waals surface area contributed by atoms with E-state index >= 15 is 0 Å². The van der Waals surface area contributed by atoms with Gasteiger partial charge in [0, 0.05) is 36.4 Å². The van der Waals surface area contributed by atoms with Crippen molar-refractivity contribution in [2.24, 2.45) is 0 Å². The van der Waals surface area contributed by atoms with Crippen LogP contribution in [-0.2, 0) is 0 Å². The number of hydrogen-bond acceptors (Lipinski definition) is 3. The molecule has 0 radical (unpaired) electrons. The summed E-state index contributed by atoms with van der Waals surface area (Å²) in [4.78, 5) is 2.24. The van der Waals surface area contributed by atoms with Crippen molar-refractivity contribution in [1.29, 1.82) is 0 Å². The van der Waals surface area contributed by atoms with Crippen LogP contribution in [0.3, 0.4) is 0 Å². The Morgan fingerprint density at radius 1 is 1.53 bits per heavy atom. The molecule has 3 nitrogen and oxygen atoms in total. The minimum absolute atomic E-state index is 0.165. The van der Waals surface area contributed by atoms with Gasteiger partial charge in [0.05, 0.1) is 6.61 Å². The largest absolute Gasteiger partial charge is 0.395 e. The topological polar surface area (TPSA) is 35.5 Å². The highest BCUT2D eigenvalue weighted by Gasteiger charge is 2.18. The molecule has 0 amide bonds. The van der Waals surface area contributed by atoms with E-state index in [0.717, 1.165) is 30.3 Å². The highest BCUT2D eigenvalue weighted by molar-refractivity contribution is 6.30. The van der Waals surface area contributed by atoms with Gasteiger partial charge in [-0.3, -0.25) is 0 Å². The minimum Gasteiger partial charge on any atom is -0.395 e. The van der Waals surface area contributed by atoms with Crippen molar-refractivity contribution in [1.82, 2.24) is 5.32 Å². The number of nitrogens with zero attached hydrogens (tertiary/aromatic N) is 1. The first-order valence-electron chi connectivity index (χ1n) is 5.14. The van der Waals surface area contributed by atoms with Gasteiger partial charge in [0.1, 0.15) is 0 Å². The molecule has 1 saturated heterocycles. The Kier molecular flexibility index (Phi) is 3.46. The minimum atomic E-state index is 0.165. The van der Waals surface area contributed by atoms with Crippen LogP contribution < -0.4 is 10.2 Å². The zero-order valence-corrected chi connectivity index (χ0v) is 9.24. The van der Waals surface area contributed by atoms with E-state index in [2.05, 4.69) is 10.2 Å². The second-order valence-corrected chi connectivity index (χ2v) is 4.20. The molecule has 0 aromatic heterocycles. The Morgan fingerprint density at radius 2 is 2.40 bits per heavy atom. The average Bonchev–Trinajstić information content (AvgIpc) is 2.29. The third-order valence-corrected chi connectivity index (χ3v) is 2.88. The second kappa shape index (κ2) is 4.84. The summed E-state index contributed by atoms with van der Waals surface area (Å²) in [5.74, 6) is 0. The summed E-state index contributed by atoms with van der Waals surface area (Å²) in [5.41, 5.74) is 1.13. The van der Waals surface area contributed by atoms with E-state index in [1.165, 1.54) is 0 Å². The maximum absolute atomic E-state index is 9.10. The zero-order valence-electron chi connectivity index (χ0n) is 8.49. The first kappa shape index (κ1) is 10.7. The molecule has 1 atom stereocenters. The highest BCUT2D eigenvalue weighted by atomic mass is 35.5. The molecule has 4 heteroatoms. The van der Waals surface area contributed by atoms with Crippen LogP contribution >= 0.6 is 11.6 Å². The fourth-order valence-electron chi connectivity index (χ4n) is 1.86. The number of aliphatic hydroxyl groups excluding tert-OH is 1. The number of piperazine rings is 1. The summed E-state index contributed by atoms with van der Waals surface area (Å²) in [5, 5.41) is 13.1. The molecular weight excluding hydrogens is 212 g/mol. The lowest BCUT2D eigenvalue weighted by molar-refractivity contribution is 0.235. The number of aliphatic hydroxyl groups is 1. The van der Waals surface area contributed by atoms with Gasteiger partial charge in [0.2, 0.25) is 0 Å². The summed E-state index contributed by atoms with van der Waals surface area (Å²) >= 11 is 5.94. The van der Waals surface area contributed by atoms with E-state index in [0.29, 0.717) is 0 Å². The molecule has 0 aliphatic carbocycles. The van der Waals surface area contributed by atoms with Gasteiger partial charge >= 0.3 is 0 Å². The van der Waals surface area contributed by atoms with Crippen LogP contribution in [0.5, 0.6) is 0 Å². The van der Waals surface area contributed by atoms with Crippen LogP contribution in [0.25, 0.3) is 0 Å². The normalized spacial score (nSPS) is 21.7. The van der Waals surface area contributed by atoms with Gasteiger partial charge < -0.3 is 15.3 Å². The summed E-state index contributed by atoms with van der Waals surface area (Å²) in [6.07, 6.45) is 0. The van der Waals surface area contributed by atoms with Gasteiger partial charge in [-0.2, -0.15) is 0 Å². The van der Waals surface area contributed by atoms with Crippen molar-refractivity contribution in [3.05, 3.63) is 29.3 Å². The lowest BCUT2D eigenvalue weighted by Crippen LogP contribution is -2.52. The van der Waals surface area contributed by atoms with Crippen LogP contribution in [0, 0.1) is 0 Å². The van der Waals surface area contributed by atoms with Gasteiger partial charge in [0.15, 0.2) is 0 Å². The van der Waals surface area contributed by atoms with Crippen molar-refractivity contribution >= 4 is 17.3 Å². The van der Waals surface area contributed by atoms with E-state index in [-0.39, 0.29) is 12.6 Å². The van der Waals surface area contributed by atoms with Crippen molar-refractivity contribution < 1.29 is 5.11 Å². The van der Waals surface area contributed by atoms with Gasteiger partial charge in [-0.25, -0.2) is 0 Å². The third kappa shape index (κ3) is 2.62. The Labute approximate surface area is 94.7 Å². The molecule has 15 heavy (non-hydrogen) atoms. The van der Waals surface area contributed by atoms with Crippen LogP contribution in [0.2, 0.25) is 5.02 Å². The summed E-state index contributed by atoms with van der Waals surface area (Å²) in [6.45, 7) is 2.86. The van der Waals surface area contributed by atoms with E-state index < -0.39 is 0 Å². The Bertz CT molecular complexity index is 332. The maximum atomic E-state index is 9.10. The Morgan fingerprint density at radius 3 is 3.13 bits per heavy atom. The first-order valence-corrected chi connectivity index (χ1v) is 5.52. The van der Waals surface area contributed by atoms with E-state index in [9.17, 15) is 0 Å². The number of halogens is 1. The molecule has 0 saturated carbocycles. The van der Waals surface area contributed by atoms with E-state index in [4.69, 9.17) is 16.7 Å². The molecule has 0 bridgehead atoms. The molecule has 1 unspecified atom stereocenters. The quantitative estimate of drug-likeness (QED) is 0.793. The zero-order chi connectivity index (χ0) is 10.7. The molecule has 1 heterocycles. The summed E-state index contributed by atoms with van der Waals surface area (Å²) in [7, 11) is 0. The van der Waals surface area contributed by atoms with Crippen molar-refractivity contribution in [3.8, 4) is 0 Å². The number of nitrogens with one attached hydrogen (secondary N) is 1. The van der Waals surface area contributed by atoms with Crippen LogP contribution in [0.4, 0.5) is 5.69 Å². The third-order valence-electron chi connectivity index (χ3n) is 2.65. The molecule has 82 valence electrons. The fraction of sp³-hybridized carbons (Fsp3) is 0.455. The van der Waals surface area contributed by atoms with Crippen LogP contribution in [0.1, 0.15) is 0 Å². The molecule has 0 spiro atoms. The SMILES string of the molecule is OCC1CN(c2cccc(Cl)c2)CCN1. The molecule has 1 aliphatic rings. The Hall–Kier alpha value is -0.770. The van der Waals surface area contributed by atoms with Gasteiger partial charge in [-0.1, -0.05) is 17.7 Å². The average molecular weight is 227 g/mol. The lowest BCUT2D eigenvalue weighted by atomic mass is 10.2. The van der Waals surface area contributed by atoms with Gasteiger partial charge in [0.25, 0.3) is 0 Å². The van der Waals surface area contributed by atoms with Gasteiger partial charge in [-0.05, 0) is 18.2 Å². The molecular formula is C11H15ClN2O. The standard InChI is InChI=1S/C11H15ClN2O/c12-9-2-1-3-11(6-9)14-5-4-13-10(7-14)8-15/h1-3,6,10,13,15H,4-5,7-8H2. The van der Waals surface area contributed by atoms with E-state index in [1.807, 2.05) is 24.3 Å². The second-order valence-electron chi connectivity index (χ2n) is 3.76. The molecule has 1 fully saturated rings. The number of benzene rings is 1. The molecule has 1 aromatic carbocycles. The maximum Gasteiger partial charge on any atom is 0.0601 e. The monoisotopic (exact) mass is 226 g/mol. The van der Waals surface area contributed by atoms with Gasteiger partial charge in [-0.15, -0.1) is 0 Å². The number of hydrogen-bond donors (Lipinski definition) is 2. The lowest BCUT2D eigenvalue weighted by Gasteiger charge is -2.34. The van der Waals surface area contributed by atoms with E-state index in [1.54, 1.807) is 0 Å². The van der Waals surface area contributed by atoms with Crippen LogP contribution in [-0.4, -0.2) is 37.4 Å². The molecule has 2 N–H and O–H groups in total. The Balaban J connectivity index is 2.09. The first-order chi connectivity index (χ1) is 7.29. The molecule has 1 aromatic rings. The van der Waals surface area contributed by atoms with Crippen LogP contribution in [0.15, 0.2) is 24.3 Å². The van der Waals surface area contributed by atoms with Crippen molar-refractivity contribution in [3.63, 3.8) is 0 Å². The smallest absolute Gasteiger partial charge is 0.0601 e. The van der Waals surface area contributed by atoms with Crippen molar-refractivity contribution in [2.45, 2.75) is 6.04 Å². The highest BCUT2D eigenvalue weighted by Crippen LogP contribution is 2.20.